The monoisotopic (exact) mass is 257 g/mol. The van der Waals surface area contributed by atoms with Gasteiger partial charge in [0.1, 0.15) is 0 Å². The van der Waals surface area contributed by atoms with Gasteiger partial charge < -0.3 is 5.32 Å². The summed E-state index contributed by atoms with van der Waals surface area (Å²) in [5.41, 5.74) is 0.506. The summed E-state index contributed by atoms with van der Waals surface area (Å²) in [4.78, 5) is 3.93. The van der Waals surface area contributed by atoms with E-state index in [1.54, 1.807) is 19.2 Å². The zero-order valence-electron chi connectivity index (χ0n) is 10.4. The molecule has 6 heteroatoms. The quantitative estimate of drug-likeness (QED) is 0.812. The number of aromatic nitrogens is 1. The Labute approximate surface area is 103 Å². The molecule has 0 aromatic carbocycles. The molecule has 0 saturated heterocycles. The minimum Gasteiger partial charge on any atom is -0.386 e. The molecular formula is C11H19N3O2S. The lowest BCUT2D eigenvalue weighted by Crippen LogP contribution is -2.34. The maximum Gasteiger partial charge on any atom is 0.260 e. The molecule has 17 heavy (non-hydrogen) atoms. The van der Waals surface area contributed by atoms with E-state index in [9.17, 15) is 8.42 Å². The standard InChI is InChI=1S/C11H19N3O2S/c1-4-9(5-2)14-17(15,16)11-10(12-3)7-6-8-13-11/h6-9,12,14H,4-5H2,1-3H3. The number of sulfonamides is 1. The molecule has 1 rings (SSSR count). The van der Waals surface area contributed by atoms with Gasteiger partial charge in [-0.1, -0.05) is 13.8 Å². The predicted molar refractivity (Wildman–Crippen MR) is 68.5 cm³/mol. The summed E-state index contributed by atoms with van der Waals surface area (Å²) < 4.78 is 26.9. The number of anilines is 1. The van der Waals surface area contributed by atoms with Crippen LogP contribution in [0.3, 0.4) is 0 Å². The first-order valence-corrected chi connectivity index (χ1v) is 7.18. The summed E-state index contributed by atoms with van der Waals surface area (Å²) in [5, 5.41) is 2.88. The number of hydrogen-bond donors (Lipinski definition) is 2. The van der Waals surface area contributed by atoms with Crippen LogP contribution in [0, 0.1) is 0 Å². The van der Waals surface area contributed by atoms with E-state index in [1.807, 2.05) is 13.8 Å². The van der Waals surface area contributed by atoms with Gasteiger partial charge in [0.15, 0.2) is 5.03 Å². The SMILES string of the molecule is CCC(CC)NS(=O)(=O)c1ncccc1NC. The van der Waals surface area contributed by atoms with Gasteiger partial charge >= 0.3 is 0 Å². The Morgan fingerprint density at radius 1 is 1.35 bits per heavy atom. The second kappa shape index (κ2) is 5.97. The van der Waals surface area contributed by atoms with Gasteiger partial charge in [0.25, 0.3) is 10.0 Å². The lowest BCUT2D eigenvalue weighted by molar-refractivity contribution is 0.528. The molecule has 1 heterocycles. The molecule has 96 valence electrons. The highest BCUT2D eigenvalue weighted by Crippen LogP contribution is 2.17. The van der Waals surface area contributed by atoms with Gasteiger partial charge in [0.2, 0.25) is 0 Å². The topological polar surface area (TPSA) is 71.1 Å². The molecule has 0 spiro atoms. The van der Waals surface area contributed by atoms with Crippen LogP contribution < -0.4 is 10.0 Å². The Kier molecular flexibility index (Phi) is 4.89. The Hall–Kier alpha value is -1.14. The molecule has 0 unspecified atom stereocenters. The van der Waals surface area contributed by atoms with Crippen LogP contribution >= 0.6 is 0 Å². The maximum atomic E-state index is 12.1. The highest BCUT2D eigenvalue weighted by molar-refractivity contribution is 7.89. The van der Waals surface area contributed by atoms with Crippen LogP contribution in [0.5, 0.6) is 0 Å². The molecule has 0 fully saturated rings. The molecule has 0 amide bonds. The van der Waals surface area contributed by atoms with Gasteiger partial charge in [-0.3, -0.25) is 0 Å². The molecule has 0 saturated carbocycles. The molecule has 0 aliphatic rings. The van der Waals surface area contributed by atoms with Gasteiger partial charge in [-0.05, 0) is 25.0 Å². The summed E-state index contributed by atoms with van der Waals surface area (Å²) in [6.07, 6.45) is 3.00. The number of nitrogens with zero attached hydrogens (tertiary/aromatic N) is 1. The van der Waals surface area contributed by atoms with E-state index >= 15 is 0 Å². The van der Waals surface area contributed by atoms with Crippen molar-refractivity contribution < 1.29 is 8.42 Å². The van der Waals surface area contributed by atoms with Crippen molar-refractivity contribution in [2.24, 2.45) is 0 Å². The van der Waals surface area contributed by atoms with Crippen molar-refractivity contribution in [2.75, 3.05) is 12.4 Å². The van der Waals surface area contributed by atoms with Gasteiger partial charge in [-0.25, -0.2) is 18.1 Å². The van der Waals surface area contributed by atoms with Crippen molar-refractivity contribution in [3.8, 4) is 0 Å². The number of pyridine rings is 1. The summed E-state index contributed by atoms with van der Waals surface area (Å²) in [6, 6.07) is 3.34. The second-order valence-electron chi connectivity index (χ2n) is 3.74. The third-order valence-electron chi connectivity index (χ3n) is 2.60. The average Bonchev–Trinajstić information content (AvgIpc) is 2.35. The van der Waals surface area contributed by atoms with Gasteiger partial charge in [-0.2, -0.15) is 0 Å². The van der Waals surface area contributed by atoms with Crippen molar-refractivity contribution in [1.29, 1.82) is 0 Å². The lowest BCUT2D eigenvalue weighted by atomic mass is 10.2. The third kappa shape index (κ3) is 3.41. The molecule has 0 aliphatic heterocycles. The van der Waals surface area contributed by atoms with Crippen molar-refractivity contribution in [2.45, 2.75) is 37.8 Å². The smallest absolute Gasteiger partial charge is 0.260 e. The van der Waals surface area contributed by atoms with E-state index in [0.717, 1.165) is 12.8 Å². The molecule has 2 N–H and O–H groups in total. The predicted octanol–water partition coefficient (Wildman–Crippen LogP) is 1.59. The molecule has 1 aromatic heterocycles. The third-order valence-corrected chi connectivity index (χ3v) is 4.08. The highest BCUT2D eigenvalue weighted by atomic mass is 32.2. The number of nitrogens with one attached hydrogen (secondary N) is 2. The zero-order chi connectivity index (χ0) is 12.9. The highest BCUT2D eigenvalue weighted by Gasteiger charge is 2.22. The van der Waals surface area contributed by atoms with E-state index < -0.39 is 10.0 Å². The summed E-state index contributed by atoms with van der Waals surface area (Å²) in [5.74, 6) is 0. The van der Waals surface area contributed by atoms with E-state index in [0.29, 0.717) is 5.69 Å². The Balaban J connectivity index is 3.04. The van der Waals surface area contributed by atoms with Crippen LogP contribution in [-0.4, -0.2) is 26.5 Å². The fraction of sp³-hybridized carbons (Fsp3) is 0.545. The van der Waals surface area contributed by atoms with Crippen LogP contribution in [0.15, 0.2) is 23.4 Å². The molecule has 1 aromatic rings. The van der Waals surface area contributed by atoms with E-state index in [1.165, 1.54) is 6.20 Å². The fourth-order valence-corrected chi connectivity index (χ4v) is 3.07. The van der Waals surface area contributed by atoms with Crippen LogP contribution in [0.2, 0.25) is 0 Å². The lowest BCUT2D eigenvalue weighted by Gasteiger charge is -2.16. The Morgan fingerprint density at radius 2 is 2.00 bits per heavy atom. The molecular weight excluding hydrogens is 238 g/mol. The van der Waals surface area contributed by atoms with Crippen LogP contribution in [0.1, 0.15) is 26.7 Å². The maximum absolute atomic E-state index is 12.1. The number of hydrogen-bond acceptors (Lipinski definition) is 4. The van der Waals surface area contributed by atoms with E-state index in [4.69, 9.17) is 0 Å². The summed E-state index contributed by atoms with van der Waals surface area (Å²) in [7, 11) is -1.88. The molecule has 5 nitrogen and oxygen atoms in total. The molecule has 0 bridgehead atoms. The van der Waals surface area contributed by atoms with Crippen molar-refractivity contribution >= 4 is 15.7 Å². The fourth-order valence-electron chi connectivity index (χ4n) is 1.53. The van der Waals surface area contributed by atoms with Crippen molar-refractivity contribution in [3.05, 3.63) is 18.3 Å². The molecule has 0 radical (unpaired) electrons. The first-order chi connectivity index (χ1) is 8.05. The second-order valence-corrected chi connectivity index (χ2v) is 5.37. The Bertz CT molecular complexity index is 456. The Morgan fingerprint density at radius 3 is 2.53 bits per heavy atom. The summed E-state index contributed by atoms with van der Waals surface area (Å²) in [6.45, 7) is 3.90. The minimum absolute atomic E-state index is 0.0493. The normalized spacial score (nSPS) is 11.8. The molecule has 0 aliphatic carbocycles. The first-order valence-electron chi connectivity index (χ1n) is 5.70. The molecule has 0 atom stereocenters. The largest absolute Gasteiger partial charge is 0.386 e. The number of rotatable bonds is 6. The van der Waals surface area contributed by atoms with Crippen molar-refractivity contribution in [3.63, 3.8) is 0 Å². The van der Waals surface area contributed by atoms with Crippen molar-refractivity contribution in [1.82, 2.24) is 9.71 Å². The zero-order valence-corrected chi connectivity index (χ0v) is 11.2. The van der Waals surface area contributed by atoms with Gasteiger partial charge in [0.05, 0.1) is 5.69 Å². The minimum atomic E-state index is -3.55. The summed E-state index contributed by atoms with van der Waals surface area (Å²) >= 11 is 0. The van der Waals surface area contributed by atoms with E-state index in [-0.39, 0.29) is 11.1 Å². The van der Waals surface area contributed by atoms with Crippen LogP contribution in [0.25, 0.3) is 0 Å². The average molecular weight is 257 g/mol. The van der Waals surface area contributed by atoms with E-state index in [2.05, 4.69) is 15.0 Å². The van der Waals surface area contributed by atoms with Crippen LogP contribution in [-0.2, 0) is 10.0 Å². The van der Waals surface area contributed by atoms with Crippen LogP contribution in [0.4, 0.5) is 5.69 Å². The first kappa shape index (κ1) is 13.9. The van der Waals surface area contributed by atoms with Gasteiger partial charge in [-0.15, -0.1) is 0 Å². The van der Waals surface area contributed by atoms with Gasteiger partial charge in [0, 0.05) is 19.3 Å².